The molecule has 0 atom stereocenters. The highest BCUT2D eigenvalue weighted by atomic mass is 79.9. The van der Waals surface area contributed by atoms with Crippen molar-refractivity contribution >= 4 is 38.2 Å². The van der Waals surface area contributed by atoms with Crippen LogP contribution in [-0.4, -0.2) is 19.5 Å². The van der Waals surface area contributed by atoms with Crippen molar-refractivity contribution < 1.29 is 4.79 Å². The van der Waals surface area contributed by atoms with E-state index in [2.05, 4.69) is 15.9 Å². The molecule has 1 aromatic heterocycles. The van der Waals surface area contributed by atoms with Crippen molar-refractivity contribution in [3.05, 3.63) is 15.9 Å². The minimum atomic E-state index is -0.286. The molecular weight excluding hydrogens is 288 g/mol. The summed E-state index contributed by atoms with van der Waals surface area (Å²) in [6.07, 6.45) is 2.98. The summed E-state index contributed by atoms with van der Waals surface area (Å²) < 4.78 is 1.02. The molecule has 1 heterocycles. The van der Waals surface area contributed by atoms with Crippen LogP contribution in [0, 0.1) is 5.41 Å². The minimum absolute atomic E-state index is 0.163. The Hall–Kier alpha value is -0.390. The van der Waals surface area contributed by atoms with E-state index in [0.717, 1.165) is 28.7 Å². The van der Waals surface area contributed by atoms with Crippen molar-refractivity contribution in [3.63, 3.8) is 0 Å². The van der Waals surface area contributed by atoms with E-state index in [0.29, 0.717) is 6.54 Å². The molecule has 0 spiro atoms. The van der Waals surface area contributed by atoms with Crippen LogP contribution in [0.15, 0.2) is 15.9 Å². The molecule has 1 aromatic rings. The summed E-state index contributed by atoms with van der Waals surface area (Å²) in [5, 5.41) is 2.95. The summed E-state index contributed by atoms with van der Waals surface area (Å²) in [5.41, 5.74) is 5.45. The Labute approximate surface area is 108 Å². The fourth-order valence-electron chi connectivity index (χ4n) is 2.04. The van der Waals surface area contributed by atoms with Crippen LogP contribution in [-0.2, 0) is 4.79 Å². The standard InChI is InChI=1S/C11H15BrN2OS/c1-14(9-5-8(12)6-16-9)10(15)11(7-13)3-2-4-11/h5-6H,2-4,7,13H2,1H3. The maximum absolute atomic E-state index is 12.3. The van der Waals surface area contributed by atoms with Crippen LogP contribution in [0.4, 0.5) is 5.00 Å². The first kappa shape index (κ1) is 12.1. The molecule has 3 nitrogen and oxygen atoms in total. The van der Waals surface area contributed by atoms with Crippen LogP contribution in [0.3, 0.4) is 0 Å². The number of nitrogens with zero attached hydrogens (tertiary/aromatic N) is 1. The Morgan fingerprint density at radius 1 is 1.69 bits per heavy atom. The summed E-state index contributed by atoms with van der Waals surface area (Å²) in [5.74, 6) is 0.163. The van der Waals surface area contributed by atoms with Gasteiger partial charge < -0.3 is 10.6 Å². The quantitative estimate of drug-likeness (QED) is 0.933. The first-order valence-electron chi connectivity index (χ1n) is 5.31. The first-order valence-corrected chi connectivity index (χ1v) is 6.98. The molecule has 0 unspecified atom stereocenters. The second kappa shape index (κ2) is 4.47. The lowest BCUT2D eigenvalue weighted by atomic mass is 9.68. The maximum atomic E-state index is 12.3. The molecule has 2 rings (SSSR count). The monoisotopic (exact) mass is 302 g/mol. The number of hydrogen-bond acceptors (Lipinski definition) is 3. The molecule has 0 aromatic carbocycles. The summed E-state index contributed by atoms with van der Waals surface area (Å²) >= 11 is 4.96. The van der Waals surface area contributed by atoms with Gasteiger partial charge in [-0.3, -0.25) is 4.79 Å². The Balaban J connectivity index is 2.15. The van der Waals surface area contributed by atoms with Crippen molar-refractivity contribution in [2.45, 2.75) is 19.3 Å². The Kier molecular flexibility index (Phi) is 3.37. The van der Waals surface area contributed by atoms with Crippen LogP contribution < -0.4 is 10.6 Å². The van der Waals surface area contributed by atoms with E-state index in [9.17, 15) is 4.79 Å². The van der Waals surface area contributed by atoms with E-state index < -0.39 is 0 Å². The molecule has 0 aliphatic heterocycles. The third kappa shape index (κ3) is 1.92. The number of anilines is 1. The topological polar surface area (TPSA) is 46.3 Å². The molecule has 5 heteroatoms. The molecule has 1 aliphatic rings. The maximum Gasteiger partial charge on any atom is 0.234 e. The summed E-state index contributed by atoms with van der Waals surface area (Å²) in [4.78, 5) is 14.1. The molecule has 0 radical (unpaired) electrons. The summed E-state index contributed by atoms with van der Waals surface area (Å²) in [7, 11) is 1.83. The van der Waals surface area contributed by atoms with Gasteiger partial charge in [-0.15, -0.1) is 11.3 Å². The van der Waals surface area contributed by atoms with Gasteiger partial charge in [0.15, 0.2) is 0 Å². The van der Waals surface area contributed by atoms with Gasteiger partial charge in [0.25, 0.3) is 0 Å². The van der Waals surface area contributed by atoms with Crippen LogP contribution in [0.25, 0.3) is 0 Å². The molecule has 2 N–H and O–H groups in total. The van der Waals surface area contributed by atoms with Crippen molar-refractivity contribution in [2.24, 2.45) is 11.1 Å². The fourth-order valence-corrected chi connectivity index (χ4v) is 3.43. The van der Waals surface area contributed by atoms with Gasteiger partial charge in [-0.2, -0.15) is 0 Å². The smallest absolute Gasteiger partial charge is 0.234 e. The van der Waals surface area contributed by atoms with Crippen LogP contribution in [0.5, 0.6) is 0 Å². The molecule has 1 amide bonds. The fraction of sp³-hybridized carbons (Fsp3) is 0.545. The second-order valence-electron chi connectivity index (χ2n) is 4.31. The van der Waals surface area contributed by atoms with Crippen molar-refractivity contribution in [1.82, 2.24) is 0 Å². The molecule has 88 valence electrons. The summed E-state index contributed by atoms with van der Waals surface area (Å²) in [6.45, 7) is 0.461. The van der Waals surface area contributed by atoms with E-state index >= 15 is 0 Å². The lowest BCUT2D eigenvalue weighted by Crippen LogP contribution is -2.50. The van der Waals surface area contributed by atoms with E-state index in [-0.39, 0.29) is 11.3 Å². The third-order valence-corrected chi connectivity index (χ3v) is 5.11. The zero-order chi connectivity index (χ0) is 11.8. The van der Waals surface area contributed by atoms with Gasteiger partial charge in [0, 0.05) is 23.4 Å². The molecule has 1 aliphatic carbocycles. The zero-order valence-corrected chi connectivity index (χ0v) is 11.6. The lowest BCUT2D eigenvalue weighted by Gasteiger charge is -2.41. The van der Waals surface area contributed by atoms with Gasteiger partial charge in [0.2, 0.25) is 5.91 Å². The number of halogens is 1. The Morgan fingerprint density at radius 3 is 2.75 bits per heavy atom. The van der Waals surface area contributed by atoms with Crippen molar-refractivity contribution in [2.75, 3.05) is 18.5 Å². The Morgan fingerprint density at radius 2 is 2.38 bits per heavy atom. The van der Waals surface area contributed by atoms with E-state index in [1.54, 1.807) is 16.2 Å². The van der Waals surface area contributed by atoms with Crippen molar-refractivity contribution in [1.29, 1.82) is 0 Å². The zero-order valence-electron chi connectivity index (χ0n) is 9.20. The number of carbonyl (C=O) groups excluding carboxylic acids is 1. The average Bonchev–Trinajstić information content (AvgIpc) is 2.63. The highest BCUT2D eigenvalue weighted by molar-refractivity contribution is 9.10. The average molecular weight is 303 g/mol. The van der Waals surface area contributed by atoms with Crippen LogP contribution in [0.2, 0.25) is 0 Å². The predicted octanol–water partition coefficient (Wildman–Crippen LogP) is 2.60. The molecule has 16 heavy (non-hydrogen) atoms. The van der Waals surface area contributed by atoms with E-state index in [4.69, 9.17) is 5.73 Å². The SMILES string of the molecule is CN(C(=O)C1(CN)CCC1)c1cc(Br)cs1. The number of hydrogen-bond donors (Lipinski definition) is 1. The van der Waals surface area contributed by atoms with Gasteiger partial charge in [0.05, 0.1) is 10.4 Å². The lowest BCUT2D eigenvalue weighted by molar-refractivity contribution is -0.131. The predicted molar refractivity (Wildman–Crippen MR) is 70.8 cm³/mol. The highest BCUT2D eigenvalue weighted by Gasteiger charge is 2.44. The van der Waals surface area contributed by atoms with Gasteiger partial charge in [-0.25, -0.2) is 0 Å². The number of carbonyl (C=O) groups is 1. The van der Waals surface area contributed by atoms with E-state index in [1.165, 1.54) is 0 Å². The largest absolute Gasteiger partial charge is 0.329 e. The highest BCUT2D eigenvalue weighted by Crippen LogP contribution is 2.42. The van der Waals surface area contributed by atoms with Crippen LogP contribution in [0.1, 0.15) is 19.3 Å². The molecule has 1 fully saturated rings. The molecule has 0 bridgehead atoms. The van der Waals surface area contributed by atoms with Crippen LogP contribution >= 0.6 is 27.3 Å². The second-order valence-corrected chi connectivity index (χ2v) is 6.11. The third-order valence-electron chi connectivity index (χ3n) is 3.34. The number of thiophene rings is 1. The molecular formula is C11H15BrN2OS. The van der Waals surface area contributed by atoms with Gasteiger partial charge in [0.1, 0.15) is 0 Å². The van der Waals surface area contributed by atoms with Gasteiger partial charge in [-0.05, 0) is 34.8 Å². The molecule has 1 saturated carbocycles. The number of nitrogens with two attached hydrogens (primary N) is 1. The molecule has 0 saturated heterocycles. The van der Waals surface area contributed by atoms with Gasteiger partial charge >= 0.3 is 0 Å². The summed E-state index contributed by atoms with van der Waals surface area (Å²) in [6, 6.07) is 1.96. The number of rotatable bonds is 3. The van der Waals surface area contributed by atoms with Crippen molar-refractivity contribution in [3.8, 4) is 0 Å². The first-order chi connectivity index (χ1) is 7.59. The normalized spacial score (nSPS) is 17.9. The van der Waals surface area contributed by atoms with Gasteiger partial charge in [-0.1, -0.05) is 6.42 Å². The number of amides is 1. The van der Waals surface area contributed by atoms with E-state index in [1.807, 2.05) is 18.5 Å². The minimum Gasteiger partial charge on any atom is -0.329 e. The Bertz CT molecular complexity index is 395.